The molecule has 0 aliphatic rings. The lowest BCUT2D eigenvalue weighted by molar-refractivity contribution is 0.573. The molecule has 3 heterocycles. The largest absolute Gasteiger partial charge is 0.444 e. The van der Waals surface area contributed by atoms with Crippen LogP contribution in [0.4, 0.5) is 4.39 Å². The number of aromatic nitrogens is 3. The Kier molecular flexibility index (Phi) is 3.80. The van der Waals surface area contributed by atoms with Crippen LogP contribution in [0.25, 0.3) is 21.7 Å². The van der Waals surface area contributed by atoms with Crippen LogP contribution in [0.2, 0.25) is 0 Å². The van der Waals surface area contributed by atoms with Crippen molar-refractivity contribution in [3.05, 3.63) is 59.8 Å². The summed E-state index contributed by atoms with van der Waals surface area (Å²) in [6.07, 6.45) is 3.20. The predicted molar refractivity (Wildman–Crippen MR) is 88.9 cm³/mol. The zero-order valence-corrected chi connectivity index (χ0v) is 13.4. The molecule has 4 rings (SSSR count). The third kappa shape index (κ3) is 2.97. The normalized spacial score (nSPS) is 11.2. The number of benzene rings is 1. The molecular formula is C16H10FN3OS2. The average molecular weight is 343 g/mol. The second-order valence-corrected chi connectivity index (χ2v) is 6.63. The molecule has 7 heteroatoms. The van der Waals surface area contributed by atoms with Crippen LogP contribution in [0.3, 0.4) is 0 Å². The summed E-state index contributed by atoms with van der Waals surface area (Å²) in [4.78, 5) is 13.0. The maximum Gasteiger partial charge on any atom is 0.226 e. The van der Waals surface area contributed by atoms with Crippen LogP contribution < -0.4 is 0 Å². The van der Waals surface area contributed by atoms with Gasteiger partial charge in [0, 0.05) is 11.3 Å². The molecule has 0 radical (unpaired) electrons. The highest BCUT2D eigenvalue weighted by Crippen LogP contribution is 2.31. The molecule has 23 heavy (non-hydrogen) atoms. The molecule has 0 saturated carbocycles. The van der Waals surface area contributed by atoms with Crippen molar-refractivity contribution in [1.82, 2.24) is 15.0 Å². The first kappa shape index (κ1) is 14.3. The fraction of sp³-hybridized carbons (Fsp3) is 0.0625. The highest BCUT2D eigenvalue weighted by atomic mass is 32.2. The minimum atomic E-state index is -0.278. The van der Waals surface area contributed by atoms with E-state index in [9.17, 15) is 4.39 Å². The number of rotatable bonds is 4. The van der Waals surface area contributed by atoms with Crippen LogP contribution in [0.15, 0.2) is 57.7 Å². The van der Waals surface area contributed by atoms with Gasteiger partial charge in [-0.25, -0.2) is 19.3 Å². The standard InChI is InChI=1S/C16H10FN3OS2/c17-11-3-1-10(2-4-11)15-20-12(7-21-15)8-23-16-14-13(5-6-22-14)18-9-19-16/h1-7,9H,8H2. The number of fused-ring (bicyclic) bond motifs is 1. The van der Waals surface area contributed by atoms with Crippen molar-refractivity contribution in [2.24, 2.45) is 0 Å². The lowest BCUT2D eigenvalue weighted by atomic mass is 10.2. The van der Waals surface area contributed by atoms with Crippen LogP contribution in [-0.4, -0.2) is 15.0 Å². The summed E-state index contributed by atoms with van der Waals surface area (Å²) in [6, 6.07) is 8.06. The van der Waals surface area contributed by atoms with E-state index in [0.717, 1.165) is 26.5 Å². The van der Waals surface area contributed by atoms with Gasteiger partial charge in [0.25, 0.3) is 0 Å². The number of oxazole rings is 1. The van der Waals surface area contributed by atoms with Crippen molar-refractivity contribution in [2.45, 2.75) is 10.8 Å². The summed E-state index contributed by atoms with van der Waals surface area (Å²) >= 11 is 3.22. The van der Waals surface area contributed by atoms with Gasteiger partial charge in [-0.3, -0.25) is 0 Å². The first-order chi connectivity index (χ1) is 11.3. The Balaban J connectivity index is 1.52. The number of hydrogen-bond donors (Lipinski definition) is 0. The Morgan fingerprint density at radius 1 is 1.13 bits per heavy atom. The first-order valence-electron chi connectivity index (χ1n) is 6.81. The molecule has 0 saturated heterocycles. The Morgan fingerprint density at radius 2 is 2.00 bits per heavy atom. The zero-order valence-electron chi connectivity index (χ0n) is 11.8. The third-order valence-corrected chi connectivity index (χ3v) is 5.27. The maximum absolute atomic E-state index is 13.0. The third-order valence-electron chi connectivity index (χ3n) is 3.21. The highest BCUT2D eigenvalue weighted by molar-refractivity contribution is 7.98. The number of halogens is 1. The smallest absolute Gasteiger partial charge is 0.226 e. The molecule has 4 nitrogen and oxygen atoms in total. The van der Waals surface area contributed by atoms with Gasteiger partial charge < -0.3 is 4.42 Å². The van der Waals surface area contributed by atoms with Crippen LogP contribution >= 0.6 is 23.1 Å². The molecule has 0 unspecified atom stereocenters. The fourth-order valence-electron chi connectivity index (χ4n) is 2.11. The fourth-order valence-corrected chi connectivity index (χ4v) is 3.93. The summed E-state index contributed by atoms with van der Waals surface area (Å²) in [7, 11) is 0. The maximum atomic E-state index is 13.0. The summed E-state index contributed by atoms with van der Waals surface area (Å²) in [6.45, 7) is 0. The van der Waals surface area contributed by atoms with Crippen molar-refractivity contribution >= 4 is 33.3 Å². The van der Waals surface area contributed by atoms with E-state index in [0.29, 0.717) is 11.6 Å². The molecule has 0 amide bonds. The zero-order chi connectivity index (χ0) is 15.6. The van der Waals surface area contributed by atoms with Crippen molar-refractivity contribution in [3.63, 3.8) is 0 Å². The van der Waals surface area contributed by atoms with Gasteiger partial charge in [-0.15, -0.1) is 11.3 Å². The molecule has 114 valence electrons. The second-order valence-electron chi connectivity index (χ2n) is 4.75. The van der Waals surface area contributed by atoms with E-state index in [-0.39, 0.29) is 5.82 Å². The SMILES string of the molecule is Fc1ccc(-c2nc(CSc3ncnc4ccsc34)co2)cc1. The van der Waals surface area contributed by atoms with E-state index in [4.69, 9.17) is 4.42 Å². The summed E-state index contributed by atoms with van der Waals surface area (Å²) in [5.74, 6) is 0.860. The molecule has 0 aliphatic carbocycles. The topological polar surface area (TPSA) is 51.8 Å². The van der Waals surface area contributed by atoms with E-state index in [1.54, 1.807) is 47.8 Å². The molecule has 0 bridgehead atoms. The van der Waals surface area contributed by atoms with E-state index in [2.05, 4.69) is 15.0 Å². The lowest BCUT2D eigenvalue weighted by Gasteiger charge is -1.99. The molecule has 0 spiro atoms. The predicted octanol–water partition coefficient (Wildman–Crippen LogP) is 4.78. The van der Waals surface area contributed by atoms with Crippen LogP contribution in [-0.2, 0) is 5.75 Å². The van der Waals surface area contributed by atoms with Crippen molar-refractivity contribution in [1.29, 1.82) is 0 Å². The van der Waals surface area contributed by atoms with Gasteiger partial charge in [-0.05, 0) is 35.7 Å². The van der Waals surface area contributed by atoms with Crippen molar-refractivity contribution in [3.8, 4) is 11.5 Å². The van der Waals surface area contributed by atoms with Gasteiger partial charge in [-0.2, -0.15) is 0 Å². The first-order valence-corrected chi connectivity index (χ1v) is 8.67. The second kappa shape index (κ2) is 6.10. The number of thioether (sulfide) groups is 1. The van der Waals surface area contributed by atoms with Crippen molar-refractivity contribution in [2.75, 3.05) is 0 Å². The summed E-state index contributed by atoms with van der Waals surface area (Å²) < 4.78 is 19.5. The van der Waals surface area contributed by atoms with E-state index >= 15 is 0 Å². The van der Waals surface area contributed by atoms with Gasteiger partial charge in [0.05, 0.1) is 15.9 Å². The quantitative estimate of drug-likeness (QED) is 0.394. The molecule has 1 aromatic carbocycles. The van der Waals surface area contributed by atoms with E-state index in [1.165, 1.54) is 12.1 Å². The van der Waals surface area contributed by atoms with E-state index in [1.807, 2.05) is 11.4 Å². The number of thiophene rings is 1. The molecule has 4 aromatic rings. The molecule has 0 atom stereocenters. The summed E-state index contributed by atoms with van der Waals surface area (Å²) in [5.41, 5.74) is 2.53. The van der Waals surface area contributed by atoms with Crippen LogP contribution in [0.1, 0.15) is 5.69 Å². The minimum absolute atomic E-state index is 0.278. The molecule has 0 fully saturated rings. The number of nitrogens with zero attached hydrogens (tertiary/aromatic N) is 3. The van der Waals surface area contributed by atoms with Crippen LogP contribution in [0, 0.1) is 5.82 Å². The molecule has 0 N–H and O–H groups in total. The Labute approximate surface area is 139 Å². The molecule has 3 aromatic heterocycles. The molecule has 0 aliphatic heterocycles. The van der Waals surface area contributed by atoms with Crippen LogP contribution in [0.5, 0.6) is 0 Å². The summed E-state index contributed by atoms with van der Waals surface area (Å²) in [5, 5.41) is 2.95. The Hall–Kier alpha value is -2.25. The highest BCUT2D eigenvalue weighted by Gasteiger charge is 2.10. The number of hydrogen-bond acceptors (Lipinski definition) is 6. The van der Waals surface area contributed by atoms with Gasteiger partial charge in [0.1, 0.15) is 23.4 Å². The Bertz CT molecular complexity index is 949. The van der Waals surface area contributed by atoms with Crippen molar-refractivity contribution < 1.29 is 8.81 Å². The average Bonchev–Trinajstić information content (AvgIpc) is 3.23. The van der Waals surface area contributed by atoms with Gasteiger partial charge in [0.2, 0.25) is 5.89 Å². The molecular weight excluding hydrogens is 333 g/mol. The monoisotopic (exact) mass is 343 g/mol. The van der Waals surface area contributed by atoms with Gasteiger partial charge >= 0.3 is 0 Å². The Morgan fingerprint density at radius 3 is 2.87 bits per heavy atom. The minimum Gasteiger partial charge on any atom is -0.444 e. The van der Waals surface area contributed by atoms with E-state index < -0.39 is 0 Å². The van der Waals surface area contributed by atoms with Gasteiger partial charge in [-0.1, -0.05) is 11.8 Å². The van der Waals surface area contributed by atoms with Gasteiger partial charge in [0.15, 0.2) is 0 Å². The lowest BCUT2D eigenvalue weighted by Crippen LogP contribution is -1.86.